The smallest absolute Gasteiger partial charge is 0.323 e. The molecule has 0 fully saturated rings. The molecule has 4 nitrogen and oxygen atoms in total. The van der Waals surface area contributed by atoms with E-state index >= 15 is 0 Å². The minimum atomic E-state index is -0.844. The van der Waals surface area contributed by atoms with Gasteiger partial charge < -0.3 is 9.84 Å². The molecule has 0 unspecified atom stereocenters. The fraction of sp³-hybridized carbons (Fsp3) is 0.500. The fourth-order valence-electron chi connectivity index (χ4n) is 1.93. The van der Waals surface area contributed by atoms with Gasteiger partial charge in [-0.2, -0.15) is 0 Å². The Balaban J connectivity index is 2.75. The molecule has 2 N–H and O–H groups in total. The maximum Gasteiger partial charge on any atom is 0.323 e. The van der Waals surface area contributed by atoms with Crippen LogP contribution in [-0.4, -0.2) is 23.7 Å². The van der Waals surface area contributed by atoms with Gasteiger partial charge in [0, 0.05) is 6.54 Å². The highest BCUT2D eigenvalue weighted by Gasteiger charge is 2.33. The summed E-state index contributed by atoms with van der Waals surface area (Å²) in [6, 6.07) is 7.63. The number of hydrogen-bond acceptors (Lipinski definition) is 3. The van der Waals surface area contributed by atoms with E-state index in [1.54, 1.807) is 7.11 Å². The van der Waals surface area contributed by atoms with Crippen molar-refractivity contribution in [3.05, 3.63) is 29.8 Å². The SMILES string of the molecule is CCC(CC)(NCc1cccc(OC)c1)C(=O)O. The van der Waals surface area contributed by atoms with E-state index in [0.717, 1.165) is 11.3 Å². The lowest BCUT2D eigenvalue weighted by molar-refractivity contribution is -0.145. The van der Waals surface area contributed by atoms with Crippen LogP contribution in [0.1, 0.15) is 32.3 Å². The van der Waals surface area contributed by atoms with Gasteiger partial charge in [0.2, 0.25) is 0 Å². The second-order valence-corrected chi connectivity index (χ2v) is 4.30. The van der Waals surface area contributed by atoms with Gasteiger partial charge in [-0.3, -0.25) is 10.1 Å². The first-order valence-corrected chi connectivity index (χ1v) is 6.19. The number of ether oxygens (including phenoxy) is 1. The second-order valence-electron chi connectivity index (χ2n) is 4.30. The zero-order valence-corrected chi connectivity index (χ0v) is 11.2. The Kier molecular flexibility index (Phi) is 5.16. The average molecular weight is 251 g/mol. The van der Waals surface area contributed by atoms with Crippen LogP contribution in [0.3, 0.4) is 0 Å². The molecule has 4 heteroatoms. The molecule has 0 amide bonds. The average Bonchev–Trinajstić information content (AvgIpc) is 2.40. The van der Waals surface area contributed by atoms with E-state index in [-0.39, 0.29) is 0 Å². The molecule has 0 spiro atoms. The molecule has 0 saturated carbocycles. The summed E-state index contributed by atoms with van der Waals surface area (Å²) in [7, 11) is 1.62. The number of nitrogens with one attached hydrogen (secondary N) is 1. The first-order valence-electron chi connectivity index (χ1n) is 6.19. The van der Waals surface area contributed by atoms with Crippen LogP contribution in [0, 0.1) is 0 Å². The Hall–Kier alpha value is -1.55. The van der Waals surface area contributed by atoms with Crippen LogP contribution < -0.4 is 10.1 Å². The highest BCUT2D eigenvalue weighted by atomic mass is 16.5. The highest BCUT2D eigenvalue weighted by molar-refractivity contribution is 5.78. The van der Waals surface area contributed by atoms with E-state index < -0.39 is 11.5 Å². The van der Waals surface area contributed by atoms with Gasteiger partial charge in [-0.25, -0.2) is 0 Å². The van der Waals surface area contributed by atoms with Crippen LogP contribution in [-0.2, 0) is 11.3 Å². The molecular weight excluding hydrogens is 230 g/mol. The highest BCUT2D eigenvalue weighted by Crippen LogP contribution is 2.18. The lowest BCUT2D eigenvalue weighted by Gasteiger charge is -2.28. The molecule has 1 aromatic rings. The van der Waals surface area contributed by atoms with Crippen LogP contribution in [0.2, 0.25) is 0 Å². The van der Waals surface area contributed by atoms with Gasteiger partial charge in [0.05, 0.1) is 7.11 Å². The molecule has 0 heterocycles. The van der Waals surface area contributed by atoms with E-state index in [0.29, 0.717) is 19.4 Å². The Bertz CT molecular complexity index is 400. The van der Waals surface area contributed by atoms with Crippen molar-refractivity contribution in [2.45, 2.75) is 38.8 Å². The number of methoxy groups -OCH3 is 1. The normalized spacial score (nSPS) is 11.3. The summed E-state index contributed by atoms with van der Waals surface area (Å²) in [5, 5.41) is 12.5. The minimum Gasteiger partial charge on any atom is -0.497 e. The molecule has 0 saturated heterocycles. The van der Waals surface area contributed by atoms with Crippen molar-refractivity contribution in [1.82, 2.24) is 5.32 Å². The van der Waals surface area contributed by atoms with E-state index in [1.807, 2.05) is 38.1 Å². The number of hydrogen-bond donors (Lipinski definition) is 2. The third-order valence-corrected chi connectivity index (χ3v) is 3.38. The molecule has 100 valence electrons. The molecule has 1 rings (SSSR count). The molecular formula is C14H21NO3. The molecule has 1 aromatic carbocycles. The number of aliphatic carboxylic acids is 1. The van der Waals surface area contributed by atoms with Crippen molar-refractivity contribution in [3.63, 3.8) is 0 Å². The van der Waals surface area contributed by atoms with Crippen LogP contribution in [0.25, 0.3) is 0 Å². The van der Waals surface area contributed by atoms with Gasteiger partial charge in [-0.15, -0.1) is 0 Å². The predicted molar refractivity (Wildman–Crippen MR) is 70.8 cm³/mol. The van der Waals surface area contributed by atoms with E-state index in [2.05, 4.69) is 5.32 Å². The first-order chi connectivity index (χ1) is 8.57. The quantitative estimate of drug-likeness (QED) is 0.781. The minimum absolute atomic E-state index is 0.519. The first kappa shape index (κ1) is 14.5. The van der Waals surface area contributed by atoms with Gasteiger partial charge in [0.1, 0.15) is 11.3 Å². The molecule has 0 bridgehead atoms. The van der Waals surface area contributed by atoms with Crippen LogP contribution in [0.4, 0.5) is 0 Å². The van der Waals surface area contributed by atoms with Crippen molar-refractivity contribution in [2.24, 2.45) is 0 Å². The maximum atomic E-state index is 11.3. The molecule has 0 aromatic heterocycles. The Labute approximate surface area is 108 Å². The van der Waals surface area contributed by atoms with Crippen molar-refractivity contribution < 1.29 is 14.6 Å². The lowest BCUT2D eigenvalue weighted by atomic mass is 9.92. The summed E-state index contributed by atoms with van der Waals surface area (Å²) in [5.41, 5.74) is 0.171. The Morgan fingerprint density at radius 2 is 2.06 bits per heavy atom. The summed E-state index contributed by atoms with van der Waals surface area (Å²) in [6.07, 6.45) is 1.12. The number of carboxylic acid groups (broad SMARTS) is 1. The standard InChI is InChI=1S/C14H21NO3/c1-4-14(5-2,13(16)17)15-10-11-7-6-8-12(9-11)18-3/h6-9,15H,4-5,10H2,1-3H3,(H,16,17). The summed E-state index contributed by atoms with van der Waals surface area (Å²) < 4.78 is 5.14. The lowest BCUT2D eigenvalue weighted by Crippen LogP contribution is -2.50. The molecule has 18 heavy (non-hydrogen) atoms. The largest absolute Gasteiger partial charge is 0.497 e. The van der Waals surface area contributed by atoms with Gasteiger partial charge in [0.25, 0.3) is 0 Å². The number of benzene rings is 1. The number of rotatable bonds is 7. The Morgan fingerprint density at radius 1 is 1.39 bits per heavy atom. The fourth-order valence-corrected chi connectivity index (χ4v) is 1.93. The summed E-state index contributed by atoms with van der Waals surface area (Å²) >= 11 is 0. The molecule has 0 atom stereocenters. The van der Waals surface area contributed by atoms with E-state index in [1.165, 1.54) is 0 Å². The summed E-state index contributed by atoms with van der Waals surface area (Å²) in [6.45, 7) is 4.29. The van der Waals surface area contributed by atoms with Gasteiger partial charge in [-0.05, 0) is 30.5 Å². The summed E-state index contributed by atoms with van der Waals surface area (Å²) in [5.74, 6) is -0.0152. The van der Waals surface area contributed by atoms with Crippen molar-refractivity contribution in [2.75, 3.05) is 7.11 Å². The maximum absolute atomic E-state index is 11.3. The van der Waals surface area contributed by atoms with Gasteiger partial charge >= 0.3 is 5.97 Å². The molecule has 0 aliphatic carbocycles. The van der Waals surface area contributed by atoms with Gasteiger partial charge in [0.15, 0.2) is 0 Å². The van der Waals surface area contributed by atoms with Crippen molar-refractivity contribution in [1.29, 1.82) is 0 Å². The third-order valence-electron chi connectivity index (χ3n) is 3.38. The number of carboxylic acids is 1. The number of carbonyl (C=O) groups is 1. The predicted octanol–water partition coefficient (Wildman–Crippen LogP) is 2.43. The monoisotopic (exact) mass is 251 g/mol. The van der Waals surface area contributed by atoms with Gasteiger partial charge in [-0.1, -0.05) is 26.0 Å². The Morgan fingerprint density at radius 3 is 2.56 bits per heavy atom. The molecule has 0 aliphatic heterocycles. The third kappa shape index (κ3) is 3.23. The van der Waals surface area contributed by atoms with Crippen LogP contribution in [0.5, 0.6) is 5.75 Å². The second kappa shape index (κ2) is 6.40. The van der Waals surface area contributed by atoms with Crippen molar-refractivity contribution >= 4 is 5.97 Å². The molecule has 0 aliphatic rings. The van der Waals surface area contributed by atoms with Crippen LogP contribution in [0.15, 0.2) is 24.3 Å². The van der Waals surface area contributed by atoms with E-state index in [4.69, 9.17) is 4.74 Å². The zero-order chi connectivity index (χ0) is 13.6. The van der Waals surface area contributed by atoms with Crippen molar-refractivity contribution in [3.8, 4) is 5.75 Å². The van der Waals surface area contributed by atoms with E-state index in [9.17, 15) is 9.90 Å². The summed E-state index contributed by atoms with van der Waals surface area (Å²) in [4.78, 5) is 11.3. The topological polar surface area (TPSA) is 58.6 Å². The van der Waals surface area contributed by atoms with Crippen LogP contribution >= 0.6 is 0 Å². The molecule has 0 radical (unpaired) electrons. The zero-order valence-electron chi connectivity index (χ0n) is 11.2.